The molecule has 8 nitrogen and oxygen atoms in total. The smallest absolute Gasteiger partial charge is 0.242 e. The fourth-order valence-corrected chi connectivity index (χ4v) is 3.60. The molecule has 2 heterocycles. The van der Waals surface area contributed by atoms with Crippen molar-refractivity contribution in [2.45, 2.75) is 6.92 Å². The third-order valence-corrected chi connectivity index (χ3v) is 5.52. The van der Waals surface area contributed by atoms with Gasteiger partial charge in [-0.1, -0.05) is 0 Å². The molecule has 0 bridgehead atoms. The van der Waals surface area contributed by atoms with Crippen molar-refractivity contribution < 1.29 is 14.4 Å². The molecule has 1 aromatic carbocycles. The van der Waals surface area contributed by atoms with E-state index >= 15 is 0 Å². The zero-order chi connectivity index (χ0) is 20.1. The molecule has 0 radical (unpaired) electrons. The molecule has 152 valence electrons. The number of likely N-dealkylation sites (N-methyl/N-ethyl adjacent to an activating group) is 1. The van der Waals surface area contributed by atoms with Crippen molar-refractivity contribution in [3.8, 4) is 0 Å². The summed E-state index contributed by atoms with van der Waals surface area (Å²) in [7, 11) is 2.13. The molecular formula is C20H29N5O3. The van der Waals surface area contributed by atoms with Crippen LogP contribution < -0.4 is 9.80 Å². The first kappa shape index (κ1) is 20.1. The normalized spacial score (nSPS) is 18.1. The Labute approximate surface area is 166 Å². The Morgan fingerprint density at radius 2 is 1.57 bits per heavy atom. The molecule has 3 rings (SSSR count). The molecule has 0 unspecified atom stereocenters. The largest absolute Gasteiger partial charge is 0.369 e. The Kier molecular flexibility index (Phi) is 6.51. The fraction of sp³-hybridized carbons (Fsp3) is 0.550. The summed E-state index contributed by atoms with van der Waals surface area (Å²) >= 11 is 0. The number of carbonyl (C=O) groups excluding carboxylic acids is 3. The number of hydrogen-bond acceptors (Lipinski definition) is 5. The second-order valence-electron chi connectivity index (χ2n) is 7.43. The number of rotatable bonds is 5. The summed E-state index contributed by atoms with van der Waals surface area (Å²) in [6.45, 7) is 7.62. The molecule has 0 saturated carbocycles. The number of nitrogens with zero attached hydrogens (tertiary/aromatic N) is 5. The van der Waals surface area contributed by atoms with Gasteiger partial charge in [0, 0.05) is 70.7 Å². The van der Waals surface area contributed by atoms with E-state index in [-0.39, 0.29) is 18.4 Å². The Balaban J connectivity index is 1.63. The standard InChI is InChI=1S/C20H29N5O3/c1-17(27)25(15-20(28)24-13-9-22(16-26)10-14-24)19-5-3-18(4-6-19)23-11-7-21(2)8-12-23/h3-6,16H,7-15H2,1-2H3. The van der Waals surface area contributed by atoms with Crippen LogP contribution in [0.25, 0.3) is 0 Å². The molecule has 2 fully saturated rings. The Morgan fingerprint density at radius 1 is 0.964 bits per heavy atom. The molecule has 0 aromatic heterocycles. The number of piperazine rings is 2. The van der Waals surface area contributed by atoms with Crippen molar-refractivity contribution in [2.75, 3.05) is 75.8 Å². The van der Waals surface area contributed by atoms with Gasteiger partial charge in [0.25, 0.3) is 0 Å². The lowest BCUT2D eigenvalue weighted by Gasteiger charge is -2.35. The molecule has 2 saturated heterocycles. The predicted molar refractivity (Wildman–Crippen MR) is 108 cm³/mol. The van der Waals surface area contributed by atoms with Crippen LogP contribution in [0.1, 0.15) is 6.92 Å². The minimum Gasteiger partial charge on any atom is -0.369 e. The number of anilines is 2. The Bertz CT molecular complexity index is 692. The molecule has 0 spiro atoms. The molecule has 8 heteroatoms. The lowest BCUT2D eigenvalue weighted by atomic mass is 10.2. The van der Waals surface area contributed by atoms with E-state index in [4.69, 9.17) is 0 Å². The third-order valence-electron chi connectivity index (χ3n) is 5.52. The quantitative estimate of drug-likeness (QED) is 0.670. The van der Waals surface area contributed by atoms with Gasteiger partial charge in [-0.25, -0.2) is 0 Å². The number of benzene rings is 1. The monoisotopic (exact) mass is 387 g/mol. The Morgan fingerprint density at radius 3 is 2.11 bits per heavy atom. The van der Waals surface area contributed by atoms with E-state index in [1.807, 2.05) is 24.3 Å². The first-order chi connectivity index (χ1) is 13.5. The van der Waals surface area contributed by atoms with Gasteiger partial charge in [-0.15, -0.1) is 0 Å². The van der Waals surface area contributed by atoms with Crippen LogP contribution in [0, 0.1) is 0 Å². The van der Waals surface area contributed by atoms with Crippen molar-refractivity contribution in [2.24, 2.45) is 0 Å². The molecular weight excluding hydrogens is 358 g/mol. The first-order valence-corrected chi connectivity index (χ1v) is 9.76. The summed E-state index contributed by atoms with van der Waals surface area (Å²) in [5.41, 5.74) is 1.86. The van der Waals surface area contributed by atoms with E-state index in [2.05, 4.69) is 16.8 Å². The fourth-order valence-electron chi connectivity index (χ4n) is 3.60. The highest BCUT2D eigenvalue weighted by Crippen LogP contribution is 2.22. The molecule has 0 atom stereocenters. The van der Waals surface area contributed by atoms with Crippen LogP contribution in [0.5, 0.6) is 0 Å². The summed E-state index contributed by atoms with van der Waals surface area (Å²) in [6.07, 6.45) is 0.811. The van der Waals surface area contributed by atoms with Gasteiger partial charge in [0.05, 0.1) is 0 Å². The molecule has 1 aromatic rings. The highest BCUT2D eigenvalue weighted by atomic mass is 16.2. The van der Waals surface area contributed by atoms with Crippen molar-refractivity contribution >= 4 is 29.6 Å². The van der Waals surface area contributed by atoms with Gasteiger partial charge >= 0.3 is 0 Å². The second-order valence-corrected chi connectivity index (χ2v) is 7.43. The number of carbonyl (C=O) groups is 3. The maximum Gasteiger partial charge on any atom is 0.242 e. The minimum absolute atomic E-state index is 0.0181. The van der Waals surface area contributed by atoms with Crippen molar-refractivity contribution in [3.63, 3.8) is 0 Å². The van der Waals surface area contributed by atoms with E-state index in [0.717, 1.165) is 44.0 Å². The van der Waals surface area contributed by atoms with Gasteiger partial charge in [0.15, 0.2) is 0 Å². The van der Waals surface area contributed by atoms with E-state index in [1.54, 1.807) is 9.80 Å². The van der Waals surface area contributed by atoms with Crippen LogP contribution in [-0.2, 0) is 14.4 Å². The van der Waals surface area contributed by atoms with E-state index in [9.17, 15) is 14.4 Å². The molecule has 2 aliphatic rings. The second kappa shape index (κ2) is 9.05. The molecule has 2 aliphatic heterocycles. The summed E-state index contributed by atoms with van der Waals surface area (Å²) in [4.78, 5) is 45.1. The Hall–Kier alpha value is -2.61. The van der Waals surface area contributed by atoms with Crippen molar-refractivity contribution in [1.82, 2.24) is 14.7 Å². The molecule has 28 heavy (non-hydrogen) atoms. The number of amides is 3. The molecule has 0 aliphatic carbocycles. The maximum atomic E-state index is 12.6. The van der Waals surface area contributed by atoms with Gasteiger partial charge < -0.3 is 24.5 Å². The third kappa shape index (κ3) is 4.81. The zero-order valence-corrected chi connectivity index (χ0v) is 16.7. The van der Waals surface area contributed by atoms with Crippen LogP contribution in [0.3, 0.4) is 0 Å². The average Bonchev–Trinajstić information content (AvgIpc) is 2.72. The predicted octanol–water partition coefficient (Wildman–Crippen LogP) is 0.0919. The van der Waals surface area contributed by atoms with Crippen molar-refractivity contribution in [1.29, 1.82) is 0 Å². The van der Waals surface area contributed by atoms with Crippen LogP contribution in [0.15, 0.2) is 24.3 Å². The van der Waals surface area contributed by atoms with Crippen LogP contribution in [0.2, 0.25) is 0 Å². The van der Waals surface area contributed by atoms with E-state index in [0.29, 0.717) is 26.2 Å². The SMILES string of the molecule is CC(=O)N(CC(=O)N1CCN(C=O)CC1)c1ccc(N2CCN(C)CC2)cc1. The van der Waals surface area contributed by atoms with E-state index < -0.39 is 0 Å². The average molecular weight is 387 g/mol. The van der Waals surface area contributed by atoms with Crippen LogP contribution >= 0.6 is 0 Å². The first-order valence-electron chi connectivity index (χ1n) is 9.76. The van der Waals surface area contributed by atoms with Gasteiger partial charge in [-0.05, 0) is 31.3 Å². The van der Waals surface area contributed by atoms with Gasteiger partial charge in [0.1, 0.15) is 6.54 Å². The number of hydrogen-bond donors (Lipinski definition) is 0. The topological polar surface area (TPSA) is 67.4 Å². The summed E-state index contributed by atoms with van der Waals surface area (Å²) in [5, 5.41) is 0. The van der Waals surface area contributed by atoms with E-state index in [1.165, 1.54) is 11.8 Å². The highest BCUT2D eigenvalue weighted by Gasteiger charge is 2.24. The minimum atomic E-state index is -0.160. The zero-order valence-electron chi connectivity index (χ0n) is 16.7. The van der Waals surface area contributed by atoms with Crippen LogP contribution in [-0.4, -0.2) is 98.9 Å². The summed E-state index contributed by atoms with van der Waals surface area (Å²) in [5.74, 6) is -0.254. The lowest BCUT2D eigenvalue weighted by molar-refractivity contribution is -0.134. The van der Waals surface area contributed by atoms with Crippen molar-refractivity contribution in [3.05, 3.63) is 24.3 Å². The highest BCUT2D eigenvalue weighted by molar-refractivity contribution is 5.97. The molecule has 3 amide bonds. The van der Waals surface area contributed by atoms with Crippen LogP contribution in [0.4, 0.5) is 11.4 Å². The summed E-state index contributed by atoms with van der Waals surface area (Å²) in [6, 6.07) is 7.85. The lowest BCUT2D eigenvalue weighted by Crippen LogP contribution is -2.51. The maximum absolute atomic E-state index is 12.6. The van der Waals surface area contributed by atoms with Gasteiger partial charge in [-0.3, -0.25) is 14.4 Å². The van der Waals surface area contributed by atoms with Gasteiger partial charge in [0.2, 0.25) is 18.2 Å². The summed E-state index contributed by atoms with van der Waals surface area (Å²) < 4.78 is 0. The van der Waals surface area contributed by atoms with Gasteiger partial charge in [-0.2, -0.15) is 0 Å². The molecule has 0 N–H and O–H groups in total.